The zero-order valence-electron chi connectivity index (χ0n) is 12.3. The molecule has 19 heavy (non-hydrogen) atoms. The second-order valence-electron chi connectivity index (χ2n) is 5.55. The van der Waals surface area contributed by atoms with Crippen LogP contribution in [0.1, 0.15) is 63.0 Å². The van der Waals surface area contributed by atoms with E-state index in [0.29, 0.717) is 11.4 Å². The second kappa shape index (κ2) is 6.55. The normalized spacial score (nSPS) is 11.4. The Bertz CT molecular complexity index is 442. The van der Waals surface area contributed by atoms with Gasteiger partial charge in [-0.05, 0) is 38.8 Å². The van der Waals surface area contributed by atoms with Gasteiger partial charge in [0, 0.05) is 11.2 Å². The molecule has 0 aliphatic rings. The SMILES string of the molecule is CCCc1cc(C(=O)O)cc(NC(C)(C)CCC)n1. The molecule has 1 rings (SSSR count). The summed E-state index contributed by atoms with van der Waals surface area (Å²) >= 11 is 0. The molecule has 106 valence electrons. The maximum absolute atomic E-state index is 11.1. The van der Waals surface area contributed by atoms with Crippen LogP contribution in [0.25, 0.3) is 0 Å². The number of aromatic nitrogens is 1. The van der Waals surface area contributed by atoms with Gasteiger partial charge in [-0.1, -0.05) is 26.7 Å². The minimum absolute atomic E-state index is 0.0810. The molecule has 0 atom stereocenters. The third-order valence-corrected chi connectivity index (χ3v) is 2.97. The van der Waals surface area contributed by atoms with Crippen molar-refractivity contribution in [3.63, 3.8) is 0 Å². The Morgan fingerprint density at radius 1 is 1.32 bits per heavy atom. The van der Waals surface area contributed by atoms with Gasteiger partial charge in [-0.2, -0.15) is 0 Å². The lowest BCUT2D eigenvalue weighted by atomic mass is 9.99. The van der Waals surface area contributed by atoms with E-state index in [-0.39, 0.29) is 5.54 Å². The third-order valence-electron chi connectivity index (χ3n) is 2.97. The summed E-state index contributed by atoms with van der Waals surface area (Å²) in [6, 6.07) is 3.27. The van der Waals surface area contributed by atoms with Crippen LogP contribution in [0.4, 0.5) is 5.82 Å². The summed E-state index contributed by atoms with van der Waals surface area (Å²) in [6.45, 7) is 8.40. The minimum atomic E-state index is -0.906. The van der Waals surface area contributed by atoms with Gasteiger partial charge in [0.2, 0.25) is 0 Å². The van der Waals surface area contributed by atoms with Gasteiger partial charge < -0.3 is 10.4 Å². The predicted molar refractivity (Wildman–Crippen MR) is 77.8 cm³/mol. The molecule has 0 radical (unpaired) electrons. The molecule has 4 heteroatoms. The van der Waals surface area contributed by atoms with Crippen LogP contribution in [0.5, 0.6) is 0 Å². The van der Waals surface area contributed by atoms with Crippen molar-refractivity contribution in [2.24, 2.45) is 0 Å². The highest BCUT2D eigenvalue weighted by Gasteiger charge is 2.18. The fourth-order valence-electron chi connectivity index (χ4n) is 2.19. The summed E-state index contributed by atoms with van der Waals surface area (Å²) in [5, 5.41) is 12.5. The molecule has 0 unspecified atom stereocenters. The molecule has 0 bridgehead atoms. The molecule has 1 heterocycles. The summed E-state index contributed by atoms with van der Waals surface area (Å²) in [5.41, 5.74) is 1.05. The molecule has 0 amide bonds. The van der Waals surface area contributed by atoms with Crippen molar-refractivity contribution in [1.82, 2.24) is 4.98 Å². The summed E-state index contributed by atoms with van der Waals surface area (Å²) < 4.78 is 0. The number of carboxylic acids is 1. The summed E-state index contributed by atoms with van der Waals surface area (Å²) in [4.78, 5) is 15.6. The van der Waals surface area contributed by atoms with Gasteiger partial charge in [-0.3, -0.25) is 0 Å². The molecule has 0 saturated heterocycles. The first-order chi connectivity index (χ1) is 8.88. The first kappa shape index (κ1) is 15.5. The van der Waals surface area contributed by atoms with Crippen molar-refractivity contribution in [3.8, 4) is 0 Å². The van der Waals surface area contributed by atoms with Gasteiger partial charge >= 0.3 is 5.97 Å². The van der Waals surface area contributed by atoms with Crippen LogP contribution in [0.3, 0.4) is 0 Å². The Labute approximate surface area is 115 Å². The van der Waals surface area contributed by atoms with Crippen LogP contribution >= 0.6 is 0 Å². The molecule has 1 aromatic heterocycles. The predicted octanol–water partition coefficient (Wildman–Crippen LogP) is 3.72. The number of nitrogens with zero attached hydrogens (tertiary/aromatic N) is 1. The van der Waals surface area contributed by atoms with Crippen LogP contribution < -0.4 is 5.32 Å². The van der Waals surface area contributed by atoms with E-state index in [1.165, 1.54) is 0 Å². The quantitative estimate of drug-likeness (QED) is 0.787. The van der Waals surface area contributed by atoms with E-state index >= 15 is 0 Å². The molecule has 0 saturated carbocycles. The molecule has 1 aromatic rings. The topological polar surface area (TPSA) is 62.2 Å². The van der Waals surface area contributed by atoms with Crippen molar-refractivity contribution < 1.29 is 9.90 Å². The number of nitrogens with one attached hydrogen (secondary N) is 1. The zero-order valence-corrected chi connectivity index (χ0v) is 12.3. The first-order valence-corrected chi connectivity index (χ1v) is 6.90. The van der Waals surface area contributed by atoms with Crippen LogP contribution in [-0.4, -0.2) is 21.6 Å². The molecule has 0 aromatic carbocycles. The Hall–Kier alpha value is -1.58. The van der Waals surface area contributed by atoms with Gasteiger partial charge in [0.1, 0.15) is 5.82 Å². The molecule has 0 spiro atoms. The summed E-state index contributed by atoms with van der Waals surface area (Å²) in [6.07, 6.45) is 3.83. The Kier molecular flexibility index (Phi) is 5.33. The number of aromatic carboxylic acids is 1. The summed E-state index contributed by atoms with van der Waals surface area (Å²) in [5.74, 6) is -0.252. The molecule has 4 nitrogen and oxygen atoms in total. The number of hydrogen-bond donors (Lipinski definition) is 2. The number of hydrogen-bond acceptors (Lipinski definition) is 3. The standard InChI is InChI=1S/C15H24N2O2/c1-5-7-12-9-11(14(18)19)10-13(16-12)17-15(3,4)8-6-2/h9-10H,5-8H2,1-4H3,(H,16,17)(H,18,19). The lowest BCUT2D eigenvalue weighted by Crippen LogP contribution is -2.31. The maximum Gasteiger partial charge on any atom is 0.335 e. The highest BCUT2D eigenvalue weighted by Crippen LogP contribution is 2.20. The number of rotatable bonds is 7. The molecule has 2 N–H and O–H groups in total. The average molecular weight is 264 g/mol. The Morgan fingerprint density at radius 3 is 2.53 bits per heavy atom. The van der Waals surface area contributed by atoms with E-state index in [4.69, 9.17) is 5.11 Å². The number of aryl methyl sites for hydroxylation is 1. The monoisotopic (exact) mass is 264 g/mol. The zero-order chi connectivity index (χ0) is 14.5. The fourth-order valence-corrected chi connectivity index (χ4v) is 2.19. The number of pyridine rings is 1. The van der Waals surface area contributed by atoms with Crippen molar-refractivity contribution in [3.05, 3.63) is 23.4 Å². The van der Waals surface area contributed by atoms with Gasteiger partial charge in [0.15, 0.2) is 0 Å². The van der Waals surface area contributed by atoms with Gasteiger partial charge in [-0.15, -0.1) is 0 Å². The number of carboxylic acid groups (broad SMARTS) is 1. The van der Waals surface area contributed by atoms with E-state index in [1.54, 1.807) is 12.1 Å². The maximum atomic E-state index is 11.1. The average Bonchev–Trinajstić information content (AvgIpc) is 2.27. The number of anilines is 1. The van der Waals surface area contributed by atoms with Gasteiger partial charge in [0.05, 0.1) is 5.56 Å². The van der Waals surface area contributed by atoms with E-state index in [9.17, 15) is 4.79 Å². The van der Waals surface area contributed by atoms with Crippen LogP contribution in [0.2, 0.25) is 0 Å². The fraction of sp³-hybridized carbons (Fsp3) is 0.600. The molecular weight excluding hydrogens is 240 g/mol. The lowest BCUT2D eigenvalue weighted by Gasteiger charge is -2.26. The summed E-state index contributed by atoms with van der Waals surface area (Å²) in [7, 11) is 0. The highest BCUT2D eigenvalue weighted by molar-refractivity contribution is 5.88. The third kappa shape index (κ3) is 4.89. The largest absolute Gasteiger partial charge is 0.478 e. The Morgan fingerprint density at radius 2 is 2.00 bits per heavy atom. The molecule has 0 aliphatic heterocycles. The lowest BCUT2D eigenvalue weighted by molar-refractivity contribution is 0.0696. The van der Waals surface area contributed by atoms with Crippen LogP contribution in [0.15, 0.2) is 12.1 Å². The van der Waals surface area contributed by atoms with Gasteiger partial charge in [-0.25, -0.2) is 9.78 Å². The van der Waals surface area contributed by atoms with Crippen molar-refractivity contribution in [1.29, 1.82) is 0 Å². The molecule has 0 fully saturated rings. The molecule has 0 aliphatic carbocycles. The highest BCUT2D eigenvalue weighted by atomic mass is 16.4. The van der Waals surface area contributed by atoms with E-state index in [0.717, 1.165) is 31.4 Å². The van der Waals surface area contributed by atoms with Crippen molar-refractivity contribution >= 4 is 11.8 Å². The smallest absolute Gasteiger partial charge is 0.335 e. The second-order valence-corrected chi connectivity index (χ2v) is 5.55. The van der Waals surface area contributed by atoms with Gasteiger partial charge in [0.25, 0.3) is 0 Å². The minimum Gasteiger partial charge on any atom is -0.478 e. The van der Waals surface area contributed by atoms with Crippen molar-refractivity contribution in [2.45, 2.75) is 58.9 Å². The molecular formula is C15H24N2O2. The van der Waals surface area contributed by atoms with Crippen molar-refractivity contribution in [2.75, 3.05) is 5.32 Å². The van der Waals surface area contributed by atoms with E-state index < -0.39 is 5.97 Å². The Balaban J connectivity index is 3.02. The number of carbonyl (C=O) groups is 1. The van der Waals surface area contributed by atoms with E-state index in [2.05, 4.69) is 38.0 Å². The van der Waals surface area contributed by atoms with Crippen LogP contribution in [0, 0.1) is 0 Å². The van der Waals surface area contributed by atoms with E-state index in [1.807, 2.05) is 0 Å². The first-order valence-electron chi connectivity index (χ1n) is 6.90. The van der Waals surface area contributed by atoms with Crippen LogP contribution in [-0.2, 0) is 6.42 Å².